The topological polar surface area (TPSA) is 0 Å². The van der Waals surface area contributed by atoms with Gasteiger partial charge in [0.1, 0.15) is 0 Å². The van der Waals surface area contributed by atoms with E-state index in [0.717, 1.165) is 0 Å². The second kappa shape index (κ2) is 33.4. The zero-order chi connectivity index (χ0) is 0. The van der Waals surface area contributed by atoms with Gasteiger partial charge in [-0.15, -0.1) is 120 Å². The molecule has 0 aromatic carbocycles. The second-order valence-electron chi connectivity index (χ2n) is 0. The average Bonchev–Trinajstić information content (AvgIpc) is 0. The smallest absolute Gasteiger partial charge is 0 e. The van der Waals surface area contributed by atoms with Crippen LogP contribution in [0.15, 0.2) is 0 Å². The number of rotatable bonds is 0. The molecule has 41 valence electrons. The van der Waals surface area contributed by atoms with Crippen LogP contribution in [0.1, 0.15) is 0 Å². The van der Waals surface area contributed by atoms with Crippen LogP contribution in [-0.4, -0.2) is 29.6 Å². The molecule has 6 heavy (non-hydrogen) atoms. The van der Waals surface area contributed by atoms with Gasteiger partial charge < -0.3 is 0 Å². The van der Waals surface area contributed by atoms with Crippen LogP contribution in [0, 0.1) is 0 Å². The van der Waals surface area contributed by atoms with E-state index < -0.39 is 0 Å². The Morgan fingerprint density at radius 2 is 0.333 bits per heavy atom. The SMILES string of the molecule is I.I.I.I.I.[Na]. The fraction of sp³-hybridized carbons (Fsp3) is 0. The summed E-state index contributed by atoms with van der Waals surface area (Å²) < 4.78 is 0. The summed E-state index contributed by atoms with van der Waals surface area (Å²) in [5, 5.41) is 0. The number of halogens is 5. The monoisotopic (exact) mass is 663 g/mol. The molecule has 0 amide bonds. The van der Waals surface area contributed by atoms with E-state index in [-0.39, 0.29) is 149 Å². The van der Waals surface area contributed by atoms with E-state index in [1.807, 2.05) is 0 Å². The fourth-order valence-electron chi connectivity index (χ4n) is 0. The van der Waals surface area contributed by atoms with E-state index in [9.17, 15) is 0 Å². The Balaban J connectivity index is 0. The summed E-state index contributed by atoms with van der Waals surface area (Å²) >= 11 is 0. The Morgan fingerprint density at radius 1 is 0.333 bits per heavy atom. The van der Waals surface area contributed by atoms with E-state index in [0.29, 0.717) is 0 Å². The molecule has 0 saturated heterocycles. The molecular formula is H5I5Na. The third-order valence-electron chi connectivity index (χ3n) is 0. The summed E-state index contributed by atoms with van der Waals surface area (Å²) in [6.07, 6.45) is 0. The molecule has 0 fully saturated rings. The largest absolute Gasteiger partial charge is 0.107 e. The fourth-order valence-corrected chi connectivity index (χ4v) is 0. The Bertz CT molecular complexity index is 3.90. The summed E-state index contributed by atoms with van der Waals surface area (Å²) in [4.78, 5) is 0. The summed E-state index contributed by atoms with van der Waals surface area (Å²) in [6, 6.07) is 0. The maximum absolute atomic E-state index is 0. The normalized spacial score (nSPS) is 0. The van der Waals surface area contributed by atoms with Crippen LogP contribution < -0.4 is 0 Å². The van der Waals surface area contributed by atoms with E-state index in [2.05, 4.69) is 0 Å². The van der Waals surface area contributed by atoms with Gasteiger partial charge in [0.05, 0.1) is 0 Å². The van der Waals surface area contributed by atoms with Gasteiger partial charge in [0.2, 0.25) is 0 Å². The van der Waals surface area contributed by atoms with Crippen LogP contribution in [0.2, 0.25) is 0 Å². The molecule has 0 rings (SSSR count). The predicted octanol–water partition coefficient (Wildman–Crippen LogP) is 2.71. The third-order valence-corrected chi connectivity index (χ3v) is 0. The van der Waals surface area contributed by atoms with Crippen molar-refractivity contribution < 1.29 is 0 Å². The molecule has 0 spiro atoms. The van der Waals surface area contributed by atoms with Crippen LogP contribution in [0.25, 0.3) is 0 Å². The first-order valence-corrected chi connectivity index (χ1v) is 0. The van der Waals surface area contributed by atoms with Crippen LogP contribution in [0.5, 0.6) is 0 Å². The van der Waals surface area contributed by atoms with Gasteiger partial charge in [0.15, 0.2) is 0 Å². The Hall–Kier alpha value is 4.65. The van der Waals surface area contributed by atoms with Gasteiger partial charge in [-0.1, -0.05) is 0 Å². The molecule has 0 aliphatic carbocycles. The molecule has 0 atom stereocenters. The molecule has 0 heterocycles. The van der Waals surface area contributed by atoms with Gasteiger partial charge in [-0.2, -0.15) is 0 Å². The van der Waals surface area contributed by atoms with Crippen LogP contribution in [-0.2, 0) is 0 Å². The van der Waals surface area contributed by atoms with Crippen molar-refractivity contribution in [3.63, 3.8) is 0 Å². The van der Waals surface area contributed by atoms with Crippen molar-refractivity contribution in [1.29, 1.82) is 0 Å². The standard InChI is InChI=1S/5HI.Na/h5*1H;. The molecule has 0 aromatic rings. The average molecular weight is 663 g/mol. The Morgan fingerprint density at radius 3 is 0.333 bits per heavy atom. The number of hydrogen-bond donors (Lipinski definition) is 0. The van der Waals surface area contributed by atoms with E-state index in [1.54, 1.807) is 0 Å². The van der Waals surface area contributed by atoms with E-state index in [4.69, 9.17) is 0 Å². The van der Waals surface area contributed by atoms with Gasteiger partial charge in [-0.3, -0.25) is 0 Å². The maximum atomic E-state index is 0. The molecule has 0 unspecified atom stereocenters. The third kappa shape index (κ3) is 23.4. The summed E-state index contributed by atoms with van der Waals surface area (Å²) in [5.74, 6) is 0. The van der Waals surface area contributed by atoms with Gasteiger partial charge >= 0.3 is 0 Å². The van der Waals surface area contributed by atoms with E-state index >= 15 is 0 Å². The molecule has 6 heteroatoms. The van der Waals surface area contributed by atoms with Gasteiger partial charge in [-0.25, -0.2) is 0 Å². The molecule has 0 aliphatic rings. The summed E-state index contributed by atoms with van der Waals surface area (Å²) in [7, 11) is 0. The molecule has 0 aromatic heterocycles. The quantitative estimate of drug-likeness (QED) is 0.277. The summed E-state index contributed by atoms with van der Waals surface area (Å²) in [6.45, 7) is 0. The zero-order valence-electron chi connectivity index (χ0n) is 3.04. The molecule has 0 aliphatic heterocycles. The molecule has 0 saturated carbocycles. The molecule has 0 nitrogen and oxygen atoms in total. The zero-order valence-corrected chi connectivity index (χ0v) is 16.7. The minimum atomic E-state index is 0. The van der Waals surface area contributed by atoms with Crippen molar-refractivity contribution >= 4 is 149 Å². The van der Waals surface area contributed by atoms with Crippen LogP contribution in [0.3, 0.4) is 0 Å². The molecule has 0 bridgehead atoms. The maximum Gasteiger partial charge on any atom is 0 e. The van der Waals surface area contributed by atoms with Crippen molar-refractivity contribution in [2.45, 2.75) is 0 Å². The summed E-state index contributed by atoms with van der Waals surface area (Å²) in [5.41, 5.74) is 0. The van der Waals surface area contributed by atoms with Crippen molar-refractivity contribution in [1.82, 2.24) is 0 Å². The number of hydrogen-bond acceptors (Lipinski definition) is 0. The van der Waals surface area contributed by atoms with Crippen LogP contribution in [0.4, 0.5) is 0 Å². The first-order chi connectivity index (χ1) is 0. The van der Waals surface area contributed by atoms with E-state index in [1.165, 1.54) is 0 Å². The van der Waals surface area contributed by atoms with Crippen molar-refractivity contribution in [3.05, 3.63) is 0 Å². The molecule has 0 N–H and O–H groups in total. The van der Waals surface area contributed by atoms with Gasteiger partial charge in [-0.05, 0) is 0 Å². The predicted molar refractivity (Wildman–Crippen MR) is 82.8 cm³/mol. The Kier molecular flexibility index (Phi) is 255. The van der Waals surface area contributed by atoms with Crippen molar-refractivity contribution in [2.75, 3.05) is 0 Å². The van der Waals surface area contributed by atoms with Gasteiger partial charge in [0, 0.05) is 29.6 Å². The minimum Gasteiger partial charge on any atom is -0.107 e. The minimum absolute atomic E-state index is 0. The molecular weight excluding hydrogens is 658 g/mol. The van der Waals surface area contributed by atoms with Crippen molar-refractivity contribution in [3.8, 4) is 0 Å². The second-order valence-corrected chi connectivity index (χ2v) is 0. The first-order valence-electron chi connectivity index (χ1n) is 0. The van der Waals surface area contributed by atoms with Gasteiger partial charge in [0.25, 0.3) is 0 Å². The first kappa shape index (κ1) is 45.9. The Labute approximate surface area is 146 Å². The van der Waals surface area contributed by atoms with Crippen LogP contribution >= 0.6 is 120 Å². The van der Waals surface area contributed by atoms with Crippen molar-refractivity contribution in [2.24, 2.45) is 0 Å². The molecule has 1 radical (unpaired) electrons.